The van der Waals surface area contributed by atoms with E-state index in [0.29, 0.717) is 15.9 Å². The van der Waals surface area contributed by atoms with E-state index in [-0.39, 0.29) is 16.6 Å². The lowest BCUT2D eigenvalue weighted by Gasteiger charge is -2.13. The molecule has 0 aliphatic rings. The van der Waals surface area contributed by atoms with Gasteiger partial charge in [0, 0.05) is 0 Å². The number of sulfonamides is 1. The molecule has 0 unspecified atom stereocenters. The molecule has 0 atom stereocenters. The molecule has 0 amide bonds. The minimum absolute atomic E-state index is 0.0594. The Labute approximate surface area is 138 Å². The fourth-order valence-electron chi connectivity index (χ4n) is 1.89. The van der Waals surface area contributed by atoms with E-state index in [1.807, 2.05) is 13.0 Å². The summed E-state index contributed by atoms with van der Waals surface area (Å²) in [6.45, 7) is 5.34. The number of aryl methyl sites for hydroxylation is 2. The summed E-state index contributed by atoms with van der Waals surface area (Å²) < 4.78 is 33.2. The normalized spacial score (nSPS) is 11.3. The van der Waals surface area contributed by atoms with Crippen LogP contribution >= 0.6 is 15.9 Å². The van der Waals surface area contributed by atoms with Crippen molar-refractivity contribution < 1.29 is 13.2 Å². The van der Waals surface area contributed by atoms with E-state index in [4.69, 9.17) is 4.74 Å². The second kappa shape index (κ2) is 6.21. The van der Waals surface area contributed by atoms with E-state index in [2.05, 4.69) is 30.6 Å². The van der Waals surface area contributed by atoms with Crippen LogP contribution in [0.1, 0.15) is 16.8 Å². The Kier molecular flexibility index (Phi) is 4.72. The SMILES string of the molecule is COc1nc(Br)c(C)nc1NS(=O)(=O)c1cccc(C)c1C. The molecule has 1 aromatic heterocycles. The van der Waals surface area contributed by atoms with Crippen molar-refractivity contribution in [2.45, 2.75) is 25.7 Å². The Balaban J connectivity index is 2.50. The molecule has 0 bridgehead atoms. The zero-order valence-corrected chi connectivity index (χ0v) is 15.0. The number of nitrogens with zero attached hydrogens (tertiary/aromatic N) is 2. The molecule has 0 spiro atoms. The number of benzene rings is 1. The van der Waals surface area contributed by atoms with E-state index in [1.165, 1.54) is 7.11 Å². The van der Waals surface area contributed by atoms with Crippen LogP contribution in [0.5, 0.6) is 5.88 Å². The van der Waals surface area contributed by atoms with Crippen LogP contribution in [0.25, 0.3) is 0 Å². The van der Waals surface area contributed by atoms with Crippen LogP contribution in [-0.4, -0.2) is 25.5 Å². The maximum Gasteiger partial charge on any atom is 0.263 e. The molecule has 8 heteroatoms. The minimum Gasteiger partial charge on any atom is -0.478 e. The third-order valence-corrected chi connectivity index (χ3v) is 5.48. The van der Waals surface area contributed by atoms with Gasteiger partial charge in [0.05, 0.1) is 17.7 Å². The summed E-state index contributed by atoms with van der Waals surface area (Å²) in [4.78, 5) is 8.50. The Morgan fingerprint density at radius 1 is 1.18 bits per heavy atom. The van der Waals surface area contributed by atoms with Gasteiger partial charge in [0.25, 0.3) is 15.9 Å². The number of rotatable bonds is 4. The number of ether oxygens (including phenoxy) is 1. The summed E-state index contributed by atoms with van der Waals surface area (Å²) >= 11 is 3.24. The molecule has 0 aliphatic carbocycles. The number of anilines is 1. The van der Waals surface area contributed by atoms with Crippen molar-refractivity contribution in [3.05, 3.63) is 39.6 Å². The summed E-state index contributed by atoms with van der Waals surface area (Å²) in [5.74, 6) is 0.162. The summed E-state index contributed by atoms with van der Waals surface area (Å²) in [6.07, 6.45) is 0. The largest absolute Gasteiger partial charge is 0.478 e. The highest BCUT2D eigenvalue weighted by Crippen LogP contribution is 2.27. The van der Waals surface area contributed by atoms with Crippen LogP contribution in [0.4, 0.5) is 5.82 Å². The van der Waals surface area contributed by atoms with Gasteiger partial charge in [-0.15, -0.1) is 0 Å². The third kappa shape index (κ3) is 3.22. The Morgan fingerprint density at radius 3 is 2.50 bits per heavy atom. The van der Waals surface area contributed by atoms with Gasteiger partial charge in [-0.1, -0.05) is 12.1 Å². The fraction of sp³-hybridized carbons (Fsp3) is 0.286. The standard InChI is InChI=1S/C14H16BrN3O3S/c1-8-6-5-7-11(9(8)2)22(19,20)18-13-14(21-4)17-12(15)10(3)16-13/h5-7H,1-4H3,(H,16,18). The monoisotopic (exact) mass is 385 g/mol. The number of hydrogen-bond acceptors (Lipinski definition) is 5. The van der Waals surface area contributed by atoms with Crippen LogP contribution in [0.2, 0.25) is 0 Å². The number of methoxy groups -OCH3 is 1. The lowest BCUT2D eigenvalue weighted by molar-refractivity contribution is 0.397. The van der Waals surface area contributed by atoms with Gasteiger partial charge in [0.2, 0.25) is 5.82 Å². The molecule has 2 rings (SSSR count). The third-order valence-electron chi connectivity index (χ3n) is 3.25. The topological polar surface area (TPSA) is 81.2 Å². The zero-order valence-electron chi connectivity index (χ0n) is 12.6. The highest BCUT2D eigenvalue weighted by atomic mass is 79.9. The molecule has 0 aliphatic heterocycles. The summed E-state index contributed by atoms with van der Waals surface area (Å²) in [7, 11) is -2.37. The van der Waals surface area contributed by atoms with E-state index >= 15 is 0 Å². The molecule has 0 radical (unpaired) electrons. The van der Waals surface area contributed by atoms with Crippen LogP contribution in [0, 0.1) is 20.8 Å². The van der Waals surface area contributed by atoms with Crippen LogP contribution in [0.15, 0.2) is 27.7 Å². The van der Waals surface area contributed by atoms with E-state index in [0.717, 1.165) is 5.56 Å². The predicted molar refractivity (Wildman–Crippen MR) is 87.7 cm³/mol. The Morgan fingerprint density at radius 2 is 1.86 bits per heavy atom. The van der Waals surface area contributed by atoms with Gasteiger partial charge >= 0.3 is 0 Å². The van der Waals surface area contributed by atoms with Crippen molar-refractivity contribution in [3.63, 3.8) is 0 Å². The van der Waals surface area contributed by atoms with Gasteiger partial charge in [-0.05, 0) is 53.9 Å². The van der Waals surface area contributed by atoms with Crippen molar-refractivity contribution in [3.8, 4) is 5.88 Å². The molecule has 22 heavy (non-hydrogen) atoms. The molecule has 118 valence electrons. The predicted octanol–water partition coefficient (Wildman–Crippen LogP) is 2.97. The molecule has 1 heterocycles. The number of aromatic nitrogens is 2. The van der Waals surface area contributed by atoms with Gasteiger partial charge in [0.1, 0.15) is 4.60 Å². The summed E-state index contributed by atoms with van der Waals surface area (Å²) in [5.41, 5.74) is 2.14. The first-order valence-corrected chi connectivity index (χ1v) is 8.71. The number of hydrogen-bond donors (Lipinski definition) is 1. The molecule has 0 saturated heterocycles. The second-order valence-corrected chi connectivity index (χ2v) is 7.16. The average Bonchev–Trinajstić information content (AvgIpc) is 2.45. The molecule has 6 nitrogen and oxygen atoms in total. The fourth-order valence-corrected chi connectivity index (χ4v) is 3.46. The quantitative estimate of drug-likeness (QED) is 0.874. The molecule has 1 N–H and O–H groups in total. The lowest BCUT2D eigenvalue weighted by Crippen LogP contribution is -2.17. The molecular formula is C14H16BrN3O3S. The lowest BCUT2D eigenvalue weighted by atomic mass is 10.1. The van der Waals surface area contributed by atoms with Crippen molar-refractivity contribution in [1.29, 1.82) is 0 Å². The van der Waals surface area contributed by atoms with E-state index in [1.54, 1.807) is 26.0 Å². The Bertz CT molecular complexity index is 822. The van der Waals surface area contributed by atoms with Crippen LogP contribution in [-0.2, 0) is 10.0 Å². The number of nitrogens with one attached hydrogen (secondary N) is 1. The minimum atomic E-state index is -3.78. The van der Waals surface area contributed by atoms with Crippen molar-refractivity contribution in [2.24, 2.45) is 0 Å². The maximum atomic E-state index is 12.6. The van der Waals surface area contributed by atoms with Crippen LogP contribution in [0.3, 0.4) is 0 Å². The Hall–Kier alpha value is -1.67. The highest BCUT2D eigenvalue weighted by molar-refractivity contribution is 9.10. The van der Waals surface area contributed by atoms with Gasteiger partial charge < -0.3 is 4.74 Å². The van der Waals surface area contributed by atoms with Crippen LogP contribution < -0.4 is 9.46 Å². The number of halogens is 1. The first kappa shape index (κ1) is 16.7. The van der Waals surface area contributed by atoms with Crippen molar-refractivity contribution in [2.75, 3.05) is 11.8 Å². The highest BCUT2D eigenvalue weighted by Gasteiger charge is 2.21. The first-order valence-electron chi connectivity index (χ1n) is 6.43. The first-order chi connectivity index (χ1) is 10.3. The van der Waals surface area contributed by atoms with E-state index < -0.39 is 10.0 Å². The molecule has 0 saturated carbocycles. The average molecular weight is 386 g/mol. The molecular weight excluding hydrogens is 370 g/mol. The van der Waals surface area contributed by atoms with E-state index in [9.17, 15) is 8.42 Å². The van der Waals surface area contributed by atoms with Gasteiger partial charge in [-0.25, -0.2) is 18.4 Å². The van der Waals surface area contributed by atoms with Gasteiger partial charge in [-0.2, -0.15) is 0 Å². The second-order valence-electron chi connectivity index (χ2n) is 4.76. The molecule has 1 aromatic carbocycles. The molecule has 0 fully saturated rings. The van der Waals surface area contributed by atoms with Gasteiger partial charge in [-0.3, -0.25) is 4.72 Å². The zero-order chi connectivity index (χ0) is 16.5. The maximum absolute atomic E-state index is 12.6. The smallest absolute Gasteiger partial charge is 0.263 e. The van der Waals surface area contributed by atoms with Crippen molar-refractivity contribution in [1.82, 2.24) is 9.97 Å². The summed E-state index contributed by atoms with van der Waals surface area (Å²) in [6, 6.07) is 5.11. The van der Waals surface area contributed by atoms with Gasteiger partial charge in [0.15, 0.2) is 0 Å². The molecule has 2 aromatic rings. The summed E-state index contributed by atoms with van der Waals surface area (Å²) in [5, 5.41) is 0. The van der Waals surface area contributed by atoms with Crippen molar-refractivity contribution >= 4 is 31.8 Å².